The van der Waals surface area contributed by atoms with Crippen LogP contribution >= 0.6 is 0 Å². The van der Waals surface area contributed by atoms with Crippen molar-refractivity contribution in [1.29, 1.82) is 0 Å². The molecule has 3 aromatic rings. The maximum Gasteiger partial charge on any atom is 0.264 e. The molecular formula is C23H27N5O2. The number of H-pyrrole nitrogens is 2. The van der Waals surface area contributed by atoms with Gasteiger partial charge in [0, 0.05) is 12.0 Å². The third-order valence-electron chi connectivity index (χ3n) is 6.67. The van der Waals surface area contributed by atoms with Crippen molar-refractivity contribution in [3.63, 3.8) is 0 Å². The highest BCUT2D eigenvalue weighted by molar-refractivity contribution is 5.80. The van der Waals surface area contributed by atoms with Crippen LogP contribution < -0.4 is 10.9 Å². The van der Waals surface area contributed by atoms with Crippen molar-refractivity contribution in [2.45, 2.75) is 57.4 Å². The van der Waals surface area contributed by atoms with Gasteiger partial charge in [-0.2, -0.15) is 5.10 Å². The van der Waals surface area contributed by atoms with Crippen molar-refractivity contribution >= 4 is 16.9 Å². The number of aryl methyl sites for hydroxylation is 1. The number of benzene rings is 1. The summed E-state index contributed by atoms with van der Waals surface area (Å²) in [7, 11) is 0. The predicted molar refractivity (Wildman–Crippen MR) is 114 cm³/mol. The van der Waals surface area contributed by atoms with E-state index < -0.39 is 0 Å². The van der Waals surface area contributed by atoms with Gasteiger partial charge in [0.15, 0.2) is 0 Å². The van der Waals surface area contributed by atoms with Crippen molar-refractivity contribution < 1.29 is 4.79 Å². The number of fused-ring (bicyclic) bond motifs is 2. The molecule has 30 heavy (non-hydrogen) atoms. The number of hydrogen-bond acceptors (Lipinski definition) is 4. The minimum absolute atomic E-state index is 0.0527. The number of aromatic amines is 2. The predicted octanol–water partition coefficient (Wildman–Crippen LogP) is 3.19. The second-order valence-corrected chi connectivity index (χ2v) is 8.67. The molecule has 0 aliphatic heterocycles. The number of nitrogens with one attached hydrogen (secondary N) is 3. The van der Waals surface area contributed by atoms with Gasteiger partial charge in [-0.25, -0.2) is 10.1 Å². The normalized spacial score (nSPS) is 20.6. The highest BCUT2D eigenvalue weighted by Crippen LogP contribution is 2.35. The fraction of sp³-hybridized carbons (Fsp3) is 0.478. The summed E-state index contributed by atoms with van der Waals surface area (Å²) < 4.78 is 0. The molecular weight excluding hydrogens is 378 g/mol. The fourth-order valence-corrected chi connectivity index (χ4v) is 5.03. The standard InChI is InChI=1S/C23H27N5O2/c29-20-13-16-12-15(10-11-17(16)27-28-20)23(30)26-21(14-6-2-1-3-7-14)22-24-18-8-4-5-9-19(18)25-22/h4-5,8-9,13-15,21H,1-3,6-7,10-12H2,(H,24,25)(H,26,30)(H,28,29). The van der Waals surface area contributed by atoms with Crippen LogP contribution in [-0.4, -0.2) is 26.1 Å². The molecule has 0 bridgehead atoms. The molecule has 1 fully saturated rings. The van der Waals surface area contributed by atoms with Gasteiger partial charge in [-0.15, -0.1) is 0 Å². The first-order valence-electron chi connectivity index (χ1n) is 11.0. The van der Waals surface area contributed by atoms with Crippen molar-refractivity contribution in [1.82, 2.24) is 25.5 Å². The van der Waals surface area contributed by atoms with E-state index in [9.17, 15) is 9.59 Å². The van der Waals surface area contributed by atoms with Crippen molar-refractivity contribution in [3.05, 3.63) is 57.8 Å². The second kappa shape index (κ2) is 8.05. The van der Waals surface area contributed by atoms with Crippen molar-refractivity contribution in [2.75, 3.05) is 0 Å². The zero-order valence-electron chi connectivity index (χ0n) is 17.0. The minimum atomic E-state index is -0.211. The SMILES string of the molecule is O=C(NC(c1nc2ccccc2[nH]1)C1CCCCC1)C1CCc2n[nH]c(=O)cc2C1. The van der Waals surface area contributed by atoms with Crippen LogP contribution in [0.1, 0.15) is 61.6 Å². The molecule has 2 aromatic heterocycles. The van der Waals surface area contributed by atoms with Gasteiger partial charge in [0.25, 0.3) is 5.56 Å². The summed E-state index contributed by atoms with van der Waals surface area (Å²) in [6.07, 6.45) is 7.89. The number of hydrogen-bond donors (Lipinski definition) is 3. The third kappa shape index (κ3) is 3.76. The highest BCUT2D eigenvalue weighted by Gasteiger charge is 2.32. The van der Waals surface area contributed by atoms with Crippen LogP contribution in [0.5, 0.6) is 0 Å². The van der Waals surface area contributed by atoms with Crippen LogP contribution in [0.2, 0.25) is 0 Å². The topological polar surface area (TPSA) is 104 Å². The average molecular weight is 406 g/mol. The van der Waals surface area contributed by atoms with Gasteiger partial charge in [-0.05, 0) is 55.7 Å². The number of carbonyl (C=O) groups is 1. The zero-order valence-corrected chi connectivity index (χ0v) is 17.0. The number of imidazole rings is 1. The number of rotatable bonds is 4. The molecule has 2 unspecified atom stereocenters. The molecule has 2 atom stereocenters. The summed E-state index contributed by atoms with van der Waals surface area (Å²) in [6.45, 7) is 0. The lowest BCUT2D eigenvalue weighted by Crippen LogP contribution is -2.40. The fourth-order valence-electron chi connectivity index (χ4n) is 5.03. The lowest BCUT2D eigenvalue weighted by molar-refractivity contribution is -0.126. The Hall–Kier alpha value is -2.96. The van der Waals surface area contributed by atoms with Gasteiger partial charge in [0.05, 0.1) is 22.8 Å². The van der Waals surface area contributed by atoms with E-state index in [0.717, 1.165) is 47.4 Å². The van der Waals surface area contributed by atoms with Gasteiger partial charge in [-0.3, -0.25) is 9.59 Å². The molecule has 2 aliphatic rings. The molecule has 7 nitrogen and oxygen atoms in total. The molecule has 7 heteroatoms. The number of amides is 1. The molecule has 0 saturated heterocycles. The molecule has 1 aromatic carbocycles. The second-order valence-electron chi connectivity index (χ2n) is 8.67. The molecule has 1 amide bonds. The van der Waals surface area contributed by atoms with E-state index in [2.05, 4.69) is 20.5 Å². The number of para-hydroxylation sites is 2. The van der Waals surface area contributed by atoms with E-state index in [-0.39, 0.29) is 23.4 Å². The summed E-state index contributed by atoms with van der Waals surface area (Å²) in [4.78, 5) is 33.2. The first kappa shape index (κ1) is 19.0. The van der Waals surface area contributed by atoms with E-state index in [1.54, 1.807) is 6.07 Å². The van der Waals surface area contributed by atoms with Crippen molar-refractivity contribution in [3.8, 4) is 0 Å². The first-order chi connectivity index (χ1) is 14.7. The minimum Gasteiger partial charge on any atom is -0.346 e. The summed E-state index contributed by atoms with van der Waals surface area (Å²) in [5.41, 5.74) is 3.51. The summed E-state index contributed by atoms with van der Waals surface area (Å²) in [5.74, 6) is 1.16. The lowest BCUT2D eigenvalue weighted by Gasteiger charge is -2.31. The van der Waals surface area contributed by atoms with Crippen LogP contribution in [-0.2, 0) is 17.6 Å². The van der Waals surface area contributed by atoms with Gasteiger partial charge < -0.3 is 10.3 Å². The highest BCUT2D eigenvalue weighted by atomic mass is 16.2. The van der Waals surface area contributed by atoms with E-state index in [1.807, 2.05) is 24.3 Å². The van der Waals surface area contributed by atoms with E-state index >= 15 is 0 Å². The van der Waals surface area contributed by atoms with Crippen LogP contribution in [0.25, 0.3) is 11.0 Å². The summed E-state index contributed by atoms with van der Waals surface area (Å²) >= 11 is 0. The molecule has 2 heterocycles. The smallest absolute Gasteiger partial charge is 0.264 e. The van der Waals surface area contributed by atoms with Gasteiger partial charge >= 0.3 is 0 Å². The maximum absolute atomic E-state index is 13.3. The zero-order chi connectivity index (χ0) is 20.5. The Morgan fingerprint density at radius 2 is 1.97 bits per heavy atom. The Kier molecular flexibility index (Phi) is 5.11. The van der Waals surface area contributed by atoms with E-state index in [1.165, 1.54) is 19.3 Å². The van der Waals surface area contributed by atoms with Crippen molar-refractivity contribution in [2.24, 2.45) is 11.8 Å². The molecule has 0 spiro atoms. The van der Waals surface area contributed by atoms with Crippen LogP contribution in [0.4, 0.5) is 0 Å². The Bertz CT molecular complexity index is 1080. The van der Waals surface area contributed by atoms with Crippen LogP contribution in [0.15, 0.2) is 35.1 Å². The first-order valence-corrected chi connectivity index (χ1v) is 11.0. The summed E-state index contributed by atoms with van der Waals surface area (Å²) in [5, 5.41) is 9.97. The number of aromatic nitrogens is 4. The number of carbonyl (C=O) groups excluding carboxylic acids is 1. The van der Waals surface area contributed by atoms with Gasteiger partial charge in [0.1, 0.15) is 5.82 Å². The van der Waals surface area contributed by atoms with Gasteiger partial charge in [0.2, 0.25) is 5.91 Å². The summed E-state index contributed by atoms with van der Waals surface area (Å²) in [6, 6.07) is 9.47. The molecule has 156 valence electrons. The Morgan fingerprint density at radius 1 is 1.13 bits per heavy atom. The average Bonchev–Trinajstić information content (AvgIpc) is 3.21. The Labute approximate surface area is 174 Å². The van der Waals surface area contributed by atoms with E-state index in [0.29, 0.717) is 18.8 Å². The molecule has 0 radical (unpaired) electrons. The number of nitrogens with zero attached hydrogens (tertiary/aromatic N) is 2. The van der Waals surface area contributed by atoms with Crippen LogP contribution in [0, 0.1) is 11.8 Å². The van der Waals surface area contributed by atoms with Crippen LogP contribution in [0.3, 0.4) is 0 Å². The lowest BCUT2D eigenvalue weighted by atomic mass is 9.82. The Balaban J connectivity index is 1.39. The van der Waals surface area contributed by atoms with Gasteiger partial charge in [-0.1, -0.05) is 31.4 Å². The largest absolute Gasteiger partial charge is 0.346 e. The monoisotopic (exact) mass is 405 g/mol. The third-order valence-corrected chi connectivity index (χ3v) is 6.67. The molecule has 3 N–H and O–H groups in total. The molecule has 2 aliphatic carbocycles. The maximum atomic E-state index is 13.3. The quantitative estimate of drug-likeness (QED) is 0.620. The Morgan fingerprint density at radius 3 is 2.80 bits per heavy atom. The van der Waals surface area contributed by atoms with E-state index in [4.69, 9.17) is 4.98 Å². The molecule has 5 rings (SSSR count). The molecule has 1 saturated carbocycles.